The molecule has 0 atom stereocenters. The van der Waals surface area contributed by atoms with E-state index >= 15 is 0 Å². The molecule has 0 aromatic heterocycles. The van der Waals surface area contributed by atoms with Crippen molar-refractivity contribution in [2.24, 2.45) is 0 Å². The van der Waals surface area contributed by atoms with Crippen molar-refractivity contribution in [2.45, 2.75) is 47.0 Å². The highest BCUT2D eigenvalue weighted by Gasteiger charge is 2.20. The zero-order chi connectivity index (χ0) is 9.45. The van der Waals surface area contributed by atoms with Crippen LogP contribution in [-0.4, -0.2) is 30.7 Å². The fraction of sp³-hybridized carbons (Fsp3) is 1.00. The van der Waals surface area contributed by atoms with E-state index in [1.54, 1.807) is 0 Å². The lowest BCUT2D eigenvalue weighted by Crippen LogP contribution is -2.48. The van der Waals surface area contributed by atoms with E-state index in [2.05, 4.69) is 27.7 Å². The molecule has 0 fully saturated rings. The highest BCUT2D eigenvalue weighted by atomic mass is 15.3. The van der Waals surface area contributed by atoms with Crippen LogP contribution in [0, 0.1) is 0 Å². The molecule has 0 N–H and O–H groups in total. The van der Waals surface area contributed by atoms with Gasteiger partial charge in [0.05, 0.1) is 26.2 Å². The molecule has 0 aliphatic rings. The number of rotatable bonds is 7. The van der Waals surface area contributed by atoms with Crippen molar-refractivity contribution < 1.29 is 4.48 Å². The SMILES string of the molecule is CCCC[N+](CC)(CC)CCC. The van der Waals surface area contributed by atoms with Gasteiger partial charge >= 0.3 is 0 Å². The highest BCUT2D eigenvalue weighted by molar-refractivity contribution is 4.41. The van der Waals surface area contributed by atoms with Gasteiger partial charge in [-0.15, -0.1) is 0 Å². The van der Waals surface area contributed by atoms with Gasteiger partial charge in [0.15, 0.2) is 0 Å². The van der Waals surface area contributed by atoms with Crippen LogP contribution in [-0.2, 0) is 0 Å². The predicted octanol–water partition coefficient (Wildman–Crippen LogP) is 3.05. The summed E-state index contributed by atoms with van der Waals surface area (Å²) in [6.07, 6.45) is 4.05. The van der Waals surface area contributed by atoms with E-state index in [0.717, 1.165) is 0 Å². The molecular formula is C11H26N+. The summed E-state index contributed by atoms with van der Waals surface area (Å²) in [4.78, 5) is 0. The van der Waals surface area contributed by atoms with E-state index in [-0.39, 0.29) is 0 Å². The minimum atomic E-state index is 1.31. The van der Waals surface area contributed by atoms with E-state index in [9.17, 15) is 0 Å². The maximum atomic E-state index is 2.33. The quantitative estimate of drug-likeness (QED) is 0.518. The average molecular weight is 172 g/mol. The number of hydrogen-bond donors (Lipinski definition) is 0. The standard InChI is InChI=1S/C11H26N/c1-5-9-11-12(7-3,8-4)10-6-2/h5-11H2,1-4H3/q+1. The first-order chi connectivity index (χ1) is 5.74. The normalized spacial score (nSPS) is 12.0. The maximum absolute atomic E-state index is 2.33. The number of nitrogens with zero attached hydrogens (tertiary/aromatic N) is 1. The molecule has 12 heavy (non-hydrogen) atoms. The van der Waals surface area contributed by atoms with E-state index in [4.69, 9.17) is 0 Å². The van der Waals surface area contributed by atoms with Crippen LogP contribution < -0.4 is 0 Å². The van der Waals surface area contributed by atoms with Gasteiger partial charge in [-0.05, 0) is 26.7 Å². The molecule has 0 saturated heterocycles. The Morgan fingerprint density at radius 1 is 0.750 bits per heavy atom. The number of quaternary nitrogens is 1. The summed E-state index contributed by atoms with van der Waals surface area (Å²) >= 11 is 0. The second-order valence-corrected chi connectivity index (χ2v) is 3.77. The van der Waals surface area contributed by atoms with Gasteiger partial charge < -0.3 is 4.48 Å². The Bertz CT molecular complexity index is 95.2. The van der Waals surface area contributed by atoms with Crippen LogP contribution in [0.15, 0.2) is 0 Å². The second-order valence-electron chi connectivity index (χ2n) is 3.77. The molecular weight excluding hydrogens is 146 g/mol. The first-order valence-electron chi connectivity index (χ1n) is 5.59. The number of unbranched alkanes of at least 4 members (excludes halogenated alkanes) is 1. The van der Waals surface area contributed by atoms with Gasteiger partial charge in [0.25, 0.3) is 0 Å². The van der Waals surface area contributed by atoms with Crippen molar-refractivity contribution in [1.82, 2.24) is 0 Å². The summed E-state index contributed by atoms with van der Waals surface area (Å²) in [6.45, 7) is 14.6. The van der Waals surface area contributed by atoms with Crippen molar-refractivity contribution in [3.8, 4) is 0 Å². The Labute approximate surface area is 78.4 Å². The fourth-order valence-electron chi connectivity index (χ4n) is 1.94. The third-order valence-corrected chi connectivity index (χ3v) is 3.03. The molecule has 1 heteroatoms. The molecule has 0 aromatic rings. The maximum Gasteiger partial charge on any atom is 0.0786 e. The van der Waals surface area contributed by atoms with Crippen LogP contribution >= 0.6 is 0 Å². The van der Waals surface area contributed by atoms with Crippen LogP contribution in [0.25, 0.3) is 0 Å². The van der Waals surface area contributed by atoms with Gasteiger partial charge in [-0.1, -0.05) is 20.3 Å². The molecule has 0 aromatic carbocycles. The Morgan fingerprint density at radius 2 is 1.33 bits per heavy atom. The van der Waals surface area contributed by atoms with Gasteiger partial charge in [-0.25, -0.2) is 0 Å². The Morgan fingerprint density at radius 3 is 1.67 bits per heavy atom. The average Bonchev–Trinajstić information content (AvgIpc) is 2.13. The van der Waals surface area contributed by atoms with E-state index in [1.165, 1.54) is 49.9 Å². The van der Waals surface area contributed by atoms with Gasteiger partial charge in [-0.2, -0.15) is 0 Å². The third kappa shape index (κ3) is 3.57. The molecule has 0 spiro atoms. The first kappa shape index (κ1) is 12.0. The van der Waals surface area contributed by atoms with Crippen molar-refractivity contribution in [3.63, 3.8) is 0 Å². The second kappa shape index (κ2) is 6.47. The lowest BCUT2D eigenvalue weighted by Gasteiger charge is -2.36. The van der Waals surface area contributed by atoms with Crippen molar-refractivity contribution >= 4 is 0 Å². The Kier molecular flexibility index (Phi) is 6.45. The molecule has 74 valence electrons. The first-order valence-corrected chi connectivity index (χ1v) is 5.59. The van der Waals surface area contributed by atoms with Crippen molar-refractivity contribution in [2.75, 3.05) is 26.2 Å². The predicted molar refractivity (Wildman–Crippen MR) is 56.3 cm³/mol. The summed E-state index contributed by atoms with van der Waals surface area (Å²) in [5.41, 5.74) is 0. The van der Waals surface area contributed by atoms with E-state index in [0.29, 0.717) is 0 Å². The van der Waals surface area contributed by atoms with Gasteiger partial charge in [0.1, 0.15) is 0 Å². The zero-order valence-electron chi connectivity index (χ0n) is 9.40. The van der Waals surface area contributed by atoms with Crippen molar-refractivity contribution in [1.29, 1.82) is 0 Å². The molecule has 0 amide bonds. The summed E-state index contributed by atoms with van der Waals surface area (Å²) in [7, 11) is 0. The number of hydrogen-bond acceptors (Lipinski definition) is 0. The minimum absolute atomic E-state index is 1.31. The lowest BCUT2D eigenvalue weighted by atomic mass is 10.2. The zero-order valence-corrected chi connectivity index (χ0v) is 9.40. The molecule has 0 unspecified atom stereocenters. The molecule has 0 heterocycles. The largest absolute Gasteiger partial charge is 0.324 e. The molecule has 0 aliphatic carbocycles. The molecule has 1 nitrogen and oxygen atoms in total. The van der Waals surface area contributed by atoms with Crippen LogP contribution in [0.2, 0.25) is 0 Å². The van der Waals surface area contributed by atoms with Crippen LogP contribution in [0.3, 0.4) is 0 Å². The van der Waals surface area contributed by atoms with E-state index < -0.39 is 0 Å². The molecule has 0 bridgehead atoms. The summed E-state index contributed by atoms with van der Waals surface area (Å²) < 4.78 is 1.34. The minimum Gasteiger partial charge on any atom is -0.324 e. The van der Waals surface area contributed by atoms with Crippen LogP contribution in [0.1, 0.15) is 47.0 Å². The van der Waals surface area contributed by atoms with Gasteiger partial charge in [-0.3, -0.25) is 0 Å². The Balaban J connectivity index is 3.95. The van der Waals surface area contributed by atoms with E-state index in [1.807, 2.05) is 0 Å². The molecule has 0 aliphatic heterocycles. The summed E-state index contributed by atoms with van der Waals surface area (Å²) in [5, 5.41) is 0. The molecule has 0 rings (SSSR count). The highest BCUT2D eigenvalue weighted by Crippen LogP contribution is 2.09. The van der Waals surface area contributed by atoms with Crippen molar-refractivity contribution in [3.05, 3.63) is 0 Å². The third-order valence-electron chi connectivity index (χ3n) is 3.03. The monoisotopic (exact) mass is 172 g/mol. The topological polar surface area (TPSA) is 0 Å². The smallest absolute Gasteiger partial charge is 0.0786 e. The molecule has 0 radical (unpaired) electrons. The summed E-state index contributed by atoms with van der Waals surface area (Å²) in [6, 6.07) is 0. The lowest BCUT2D eigenvalue weighted by molar-refractivity contribution is -0.925. The fourth-order valence-corrected chi connectivity index (χ4v) is 1.94. The van der Waals surface area contributed by atoms with Crippen LogP contribution in [0.5, 0.6) is 0 Å². The van der Waals surface area contributed by atoms with Gasteiger partial charge in [0.2, 0.25) is 0 Å². The molecule has 0 saturated carbocycles. The van der Waals surface area contributed by atoms with Crippen LogP contribution in [0.4, 0.5) is 0 Å². The van der Waals surface area contributed by atoms with Gasteiger partial charge in [0, 0.05) is 0 Å². The summed E-state index contributed by atoms with van der Waals surface area (Å²) in [5.74, 6) is 0. The Hall–Kier alpha value is -0.0400.